The van der Waals surface area contributed by atoms with Gasteiger partial charge in [0.25, 0.3) is 0 Å². The van der Waals surface area contributed by atoms with Gasteiger partial charge in [0.05, 0.1) is 24.3 Å². The molecule has 1 unspecified atom stereocenters. The van der Waals surface area contributed by atoms with Gasteiger partial charge in [-0.1, -0.05) is 30.3 Å². The van der Waals surface area contributed by atoms with Crippen molar-refractivity contribution in [3.63, 3.8) is 0 Å². The third-order valence-corrected chi connectivity index (χ3v) is 5.63. The molecule has 6 nitrogen and oxygen atoms in total. The topological polar surface area (TPSA) is 55.9 Å². The molecule has 164 valence electrons. The molecule has 2 heterocycles. The highest BCUT2D eigenvalue weighted by atomic mass is 19.4. The van der Waals surface area contributed by atoms with Gasteiger partial charge in [-0.3, -0.25) is 19.4 Å². The van der Waals surface area contributed by atoms with Crippen molar-refractivity contribution in [2.75, 3.05) is 47.8 Å². The SMILES string of the molecule is O=C1CC(C(F)(F)F)N(C(=O)CN2CCN(c3ccccc3)CC2)c2ccccc2N1. The Balaban J connectivity index is 1.51. The van der Waals surface area contributed by atoms with Crippen LogP contribution in [0.3, 0.4) is 0 Å². The van der Waals surface area contributed by atoms with Gasteiger partial charge in [0.1, 0.15) is 6.04 Å². The van der Waals surface area contributed by atoms with Crippen molar-refractivity contribution in [2.24, 2.45) is 0 Å². The molecular formula is C22H23F3N4O2. The molecule has 0 radical (unpaired) electrons. The summed E-state index contributed by atoms with van der Waals surface area (Å²) in [6, 6.07) is 13.8. The van der Waals surface area contributed by atoms with E-state index in [-0.39, 0.29) is 17.9 Å². The van der Waals surface area contributed by atoms with Crippen molar-refractivity contribution in [1.82, 2.24) is 4.90 Å². The molecule has 1 N–H and O–H groups in total. The monoisotopic (exact) mass is 432 g/mol. The number of carbonyl (C=O) groups is 2. The van der Waals surface area contributed by atoms with E-state index in [0.717, 1.165) is 10.6 Å². The zero-order chi connectivity index (χ0) is 22.0. The predicted octanol–water partition coefficient (Wildman–Crippen LogP) is 3.11. The van der Waals surface area contributed by atoms with Crippen LogP contribution in [0.2, 0.25) is 0 Å². The second-order valence-corrected chi connectivity index (χ2v) is 7.69. The lowest BCUT2D eigenvalue weighted by Gasteiger charge is -2.38. The zero-order valence-electron chi connectivity index (χ0n) is 16.8. The summed E-state index contributed by atoms with van der Waals surface area (Å²) in [5.41, 5.74) is 1.36. The number of halogens is 3. The number of carbonyl (C=O) groups excluding carboxylic acids is 2. The summed E-state index contributed by atoms with van der Waals surface area (Å²) in [7, 11) is 0. The van der Waals surface area contributed by atoms with Gasteiger partial charge in [-0.15, -0.1) is 0 Å². The number of fused-ring (bicyclic) bond motifs is 1. The minimum Gasteiger partial charge on any atom is -0.369 e. The van der Waals surface area contributed by atoms with Gasteiger partial charge in [0, 0.05) is 31.9 Å². The van der Waals surface area contributed by atoms with E-state index in [2.05, 4.69) is 10.2 Å². The van der Waals surface area contributed by atoms with Gasteiger partial charge in [0.15, 0.2) is 0 Å². The Morgan fingerprint density at radius 2 is 1.61 bits per heavy atom. The number of nitrogens with zero attached hydrogens (tertiary/aromatic N) is 3. The average molecular weight is 432 g/mol. The van der Waals surface area contributed by atoms with E-state index in [9.17, 15) is 22.8 Å². The Hall–Kier alpha value is -3.07. The average Bonchev–Trinajstić information content (AvgIpc) is 2.90. The Morgan fingerprint density at radius 3 is 2.29 bits per heavy atom. The van der Waals surface area contributed by atoms with Crippen molar-refractivity contribution in [3.05, 3.63) is 54.6 Å². The second kappa shape index (κ2) is 8.58. The number of nitrogens with one attached hydrogen (secondary N) is 1. The smallest absolute Gasteiger partial charge is 0.369 e. The highest BCUT2D eigenvalue weighted by molar-refractivity contribution is 6.05. The first kappa shape index (κ1) is 21.2. The van der Waals surface area contributed by atoms with Crippen molar-refractivity contribution in [2.45, 2.75) is 18.6 Å². The number of rotatable bonds is 3. The van der Waals surface area contributed by atoms with Crippen LogP contribution >= 0.6 is 0 Å². The number of amides is 2. The normalized spacial score (nSPS) is 20.1. The Labute approximate surface area is 178 Å². The lowest BCUT2D eigenvalue weighted by atomic mass is 10.1. The molecule has 0 aliphatic carbocycles. The molecule has 1 fully saturated rings. The summed E-state index contributed by atoms with van der Waals surface area (Å²) in [6.45, 7) is 2.33. The van der Waals surface area contributed by atoms with Gasteiger partial charge in [0.2, 0.25) is 11.8 Å². The van der Waals surface area contributed by atoms with E-state index >= 15 is 0 Å². The van der Waals surface area contributed by atoms with Gasteiger partial charge in [-0.2, -0.15) is 13.2 Å². The molecule has 1 saturated heterocycles. The van der Waals surface area contributed by atoms with E-state index in [1.807, 2.05) is 35.2 Å². The quantitative estimate of drug-likeness (QED) is 0.810. The minimum atomic E-state index is -4.73. The van der Waals surface area contributed by atoms with E-state index in [1.54, 1.807) is 12.1 Å². The van der Waals surface area contributed by atoms with Crippen molar-refractivity contribution in [1.29, 1.82) is 0 Å². The largest absolute Gasteiger partial charge is 0.409 e. The highest BCUT2D eigenvalue weighted by Gasteiger charge is 2.49. The minimum absolute atomic E-state index is 0.0728. The first-order valence-electron chi connectivity index (χ1n) is 10.1. The molecule has 2 aromatic rings. The fourth-order valence-electron chi connectivity index (χ4n) is 4.07. The number of hydrogen-bond donors (Lipinski definition) is 1. The molecule has 2 aromatic carbocycles. The molecule has 0 spiro atoms. The van der Waals surface area contributed by atoms with Gasteiger partial charge in [-0.05, 0) is 24.3 Å². The molecule has 0 bridgehead atoms. The van der Waals surface area contributed by atoms with E-state index in [0.29, 0.717) is 26.2 Å². The van der Waals surface area contributed by atoms with Crippen molar-refractivity contribution in [3.8, 4) is 0 Å². The molecule has 0 saturated carbocycles. The van der Waals surface area contributed by atoms with Gasteiger partial charge >= 0.3 is 6.18 Å². The van der Waals surface area contributed by atoms with E-state index in [4.69, 9.17) is 0 Å². The van der Waals surface area contributed by atoms with Crippen LogP contribution in [0.25, 0.3) is 0 Å². The molecule has 0 aromatic heterocycles. The first-order chi connectivity index (χ1) is 14.8. The summed E-state index contributed by atoms with van der Waals surface area (Å²) in [6.07, 6.45) is -5.55. The standard InChI is InChI=1S/C22H23F3N4O2/c23-22(24,25)19-14-20(30)26-17-8-4-5-9-18(17)29(19)21(31)15-27-10-12-28(13-11-27)16-6-2-1-3-7-16/h1-9,19H,10-15H2,(H,26,30). The van der Waals surface area contributed by atoms with Crippen LogP contribution < -0.4 is 15.1 Å². The fraction of sp³-hybridized carbons (Fsp3) is 0.364. The van der Waals surface area contributed by atoms with Crippen LogP contribution in [0, 0.1) is 0 Å². The lowest BCUT2D eigenvalue weighted by molar-refractivity contribution is -0.158. The maximum Gasteiger partial charge on any atom is 0.409 e. The maximum atomic E-state index is 13.8. The molecular weight excluding hydrogens is 409 g/mol. The van der Waals surface area contributed by atoms with Crippen molar-refractivity contribution < 1.29 is 22.8 Å². The third-order valence-electron chi connectivity index (χ3n) is 5.63. The summed E-state index contributed by atoms with van der Waals surface area (Å²) in [4.78, 5) is 30.0. The first-order valence-corrected chi connectivity index (χ1v) is 10.1. The summed E-state index contributed by atoms with van der Waals surface area (Å²) in [5, 5.41) is 2.48. The number of anilines is 3. The molecule has 31 heavy (non-hydrogen) atoms. The highest BCUT2D eigenvalue weighted by Crippen LogP contribution is 2.37. The molecule has 9 heteroatoms. The summed E-state index contributed by atoms with van der Waals surface area (Å²) < 4.78 is 41.5. The summed E-state index contributed by atoms with van der Waals surface area (Å²) >= 11 is 0. The summed E-state index contributed by atoms with van der Waals surface area (Å²) in [5.74, 6) is -1.43. The fourth-order valence-corrected chi connectivity index (χ4v) is 4.07. The lowest BCUT2D eigenvalue weighted by Crippen LogP contribution is -2.55. The van der Waals surface area contributed by atoms with Crippen LogP contribution in [0.5, 0.6) is 0 Å². The Kier molecular flexibility index (Phi) is 5.86. The van der Waals surface area contributed by atoms with Crippen LogP contribution in [-0.2, 0) is 9.59 Å². The zero-order valence-corrected chi connectivity index (χ0v) is 16.8. The molecule has 2 aliphatic rings. The van der Waals surface area contributed by atoms with Gasteiger partial charge < -0.3 is 10.2 Å². The molecule has 2 aliphatic heterocycles. The number of piperazine rings is 1. The Morgan fingerprint density at radius 1 is 0.968 bits per heavy atom. The van der Waals surface area contributed by atoms with Crippen molar-refractivity contribution >= 4 is 28.9 Å². The number of alkyl halides is 3. The van der Waals surface area contributed by atoms with E-state index in [1.165, 1.54) is 12.1 Å². The van der Waals surface area contributed by atoms with Crippen LogP contribution in [0.4, 0.5) is 30.2 Å². The number of hydrogen-bond acceptors (Lipinski definition) is 4. The maximum absolute atomic E-state index is 13.8. The Bertz CT molecular complexity index is 943. The number of benzene rings is 2. The van der Waals surface area contributed by atoms with Crippen LogP contribution in [0.15, 0.2) is 54.6 Å². The number of para-hydroxylation sites is 3. The predicted molar refractivity (Wildman–Crippen MR) is 112 cm³/mol. The second-order valence-electron chi connectivity index (χ2n) is 7.69. The molecule has 4 rings (SSSR count). The van der Waals surface area contributed by atoms with Crippen LogP contribution in [0.1, 0.15) is 6.42 Å². The van der Waals surface area contributed by atoms with Gasteiger partial charge in [-0.25, -0.2) is 0 Å². The van der Waals surface area contributed by atoms with E-state index < -0.39 is 30.5 Å². The molecule has 2 amide bonds. The third kappa shape index (κ3) is 4.66. The molecule has 1 atom stereocenters. The van der Waals surface area contributed by atoms with Crippen LogP contribution in [-0.4, -0.2) is 61.7 Å².